The molecule has 1 unspecified atom stereocenters. The normalized spacial score (nSPS) is 16.4. The minimum Gasteiger partial charge on any atom is -0.465 e. The molecule has 28 heavy (non-hydrogen) atoms. The minimum atomic E-state index is -0.469. The van der Waals surface area contributed by atoms with E-state index in [1.807, 2.05) is 24.3 Å². The quantitative estimate of drug-likeness (QED) is 0.805. The maximum Gasteiger partial charge on any atom is 0.337 e. The first-order valence-electron chi connectivity index (χ1n) is 9.28. The molecule has 1 fully saturated rings. The van der Waals surface area contributed by atoms with Crippen molar-refractivity contribution < 1.29 is 19.1 Å². The number of anilines is 2. The molecule has 0 spiro atoms. The van der Waals surface area contributed by atoms with Crippen LogP contribution in [0.4, 0.5) is 11.4 Å². The van der Waals surface area contributed by atoms with Crippen LogP contribution in [0.2, 0.25) is 0 Å². The van der Waals surface area contributed by atoms with Gasteiger partial charge in [0.15, 0.2) is 0 Å². The second-order valence-corrected chi connectivity index (χ2v) is 7.21. The lowest BCUT2D eigenvalue weighted by Gasteiger charge is -2.18. The predicted octanol–water partition coefficient (Wildman–Crippen LogP) is 3.59. The number of esters is 1. The third-order valence-electron chi connectivity index (χ3n) is 4.92. The second kappa shape index (κ2) is 8.25. The number of ether oxygens (including phenoxy) is 1. The molecule has 3 rings (SSSR count). The Balaban J connectivity index is 1.67. The number of amides is 2. The van der Waals surface area contributed by atoms with Crippen LogP contribution in [-0.4, -0.2) is 31.4 Å². The third kappa shape index (κ3) is 4.22. The molecule has 1 aliphatic rings. The number of carbonyl (C=O) groups excluding carboxylic acids is 3. The molecule has 6 nitrogen and oxygen atoms in total. The lowest BCUT2D eigenvalue weighted by molar-refractivity contribution is -0.122. The Morgan fingerprint density at radius 2 is 1.86 bits per heavy atom. The average molecular weight is 380 g/mol. The molecule has 6 heteroatoms. The van der Waals surface area contributed by atoms with E-state index in [0.29, 0.717) is 23.7 Å². The Kier molecular flexibility index (Phi) is 5.78. The summed E-state index contributed by atoms with van der Waals surface area (Å²) in [5.41, 5.74) is 2.86. The summed E-state index contributed by atoms with van der Waals surface area (Å²) in [6.07, 6.45) is 0.161. The van der Waals surface area contributed by atoms with Gasteiger partial charge in [-0.15, -0.1) is 0 Å². The van der Waals surface area contributed by atoms with E-state index in [4.69, 9.17) is 4.74 Å². The fraction of sp³-hybridized carbons (Fsp3) is 0.318. The molecule has 1 saturated heterocycles. The second-order valence-electron chi connectivity index (χ2n) is 7.21. The van der Waals surface area contributed by atoms with Crippen molar-refractivity contribution in [2.75, 3.05) is 23.9 Å². The first-order chi connectivity index (χ1) is 13.4. The Labute approximate surface area is 164 Å². The molecule has 0 radical (unpaired) electrons. The van der Waals surface area contributed by atoms with E-state index in [-0.39, 0.29) is 18.2 Å². The van der Waals surface area contributed by atoms with Gasteiger partial charge in [-0.3, -0.25) is 9.59 Å². The highest BCUT2D eigenvalue weighted by atomic mass is 16.5. The standard InChI is InChI=1S/C22H24N2O4/c1-14(2)15-7-9-19(10-8-15)24-13-17(12-20(24)25)21(26)23-18-6-4-5-16(11-18)22(27)28-3/h4-11,14,17H,12-13H2,1-3H3,(H,23,26). The molecule has 0 bridgehead atoms. The van der Waals surface area contributed by atoms with Crippen LogP contribution in [-0.2, 0) is 14.3 Å². The smallest absolute Gasteiger partial charge is 0.337 e. The van der Waals surface area contributed by atoms with Crippen LogP contribution in [0.5, 0.6) is 0 Å². The molecule has 146 valence electrons. The van der Waals surface area contributed by atoms with Gasteiger partial charge in [-0.05, 0) is 41.8 Å². The van der Waals surface area contributed by atoms with Gasteiger partial charge in [-0.2, -0.15) is 0 Å². The van der Waals surface area contributed by atoms with Crippen molar-refractivity contribution >= 4 is 29.2 Å². The van der Waals surface area contributed by atoms with Crippen molar-refractivity contribution in [1.82, 2.24) is 0 Å². The zero-order valence-corrected chi connectivity index (χ0v) is 16.3. The van der Waals surface area contributed by atoms with Crippen LogP contribution in [0.3, 0.4) is 0 Å². The summed E-state index contributed by atoms with van der Waals surface area (Å²) in [6.45, 7) is 4.57. The number of methoxy groups -OCH3 is 1. The van der Waals surface area contributed by atoms with Gasteiger partial charge >= 0.3 is 5.97 Å². The Bertz CT molecular complexity index is 890. The molecule has 0 aromatic heterocycles. The average Bonchev–Trinajstić information content (AvgIpc) is 3.09. The number of hydrogen-bond donors (Lipinski definition) is 1. The van der Waals surface area contributed by atoms with Crippen molar-refractivity contribution in [3.63, 3.8) is 0 Å². The number of rotatable bonds is 5. The summed E-state index contributed by atoms with van der Waals surface area (Å²) in [4.78, 5) is 38.3. The monoisotopic (exact) mass is 380 g/mol. The minimum absolute atomic E-state index is 0.0687. The van der Waals surface area contributed by atoms with Crippen molar-refractivity contribution in [2.45, 2.75) is 26.2 Å². The molecule has 1 heterocycles. The predicted molar refractivity (Wildman–Crippen MR) is 107 cm³/mol. The lowest BCUT2D eigenvalue weighted by Crippen LogP contribution is -2.28. The summed E-state index contributed by atoms with van der Waals surface area (Å²) in [5.74, 6) is -0.803. The van der Waals surface area contributed by atoms with Gasteiger partial charge in [0.05, 0.1) is 18.6 Å². The summed E-state index contributed by atoms with van der Waals surface area (Å²) in [5, 5.41) is 2.79. The van der Waals surface area contributed by atoms with Crippen molar-refractivity contribution in [3.05, 3.63) is 59.7 Å². The van der Waals surface area contributed by atoms with E-state index in [2.05, 4.69) is 19.2 Å². The van der Waals surface area contributed by atoms with Gasteiger partial charge in [-0.25, -0.2) is 4.79 Å². The van der Waals surface area contributed by atoms with Crippen LogP contribution in [0.15, 0.2) is 48.5 Å². The summed E-state index contributed by atoms with van der Waals surface area (Å²) >= 11 is 0. The SMILES string of the molecule is COC(=O)c1cccc(NC(=O)C2CC(=O)N(c3ccc(C(C)C)cc3)C2)c1. The molecule has 2 aromatic rings. The zero-order chi connectivity index (χ0) is 20.3. The maximum absolute atomic E-state index is 12.6. The molecular formula is C22H24N2O4. The molecule has 1 N–H and O–H groups in total. The molecule has 1 atom stereocenters. The topological polar surface area (TPSA) is 75.7 Å². The Morgan fingerprint density at radius 1 is 1.14 bits per heavy atom. The lowest BCUT2D eigenvalue weighted by atomic mass is 10.0. The highest BCUT2D eigenvalue weighted by Gasteiger charge is 2.35. The number of hydrogen-bond acceptors (Lipinski definition) is 4. The summed E-state index contributed by atoms with van der Waals surface area (Å²) in [7, 11) is 1.31. The number of nitrogens with one attached hydrogen (secondary N) is 1. The first-order valence-corrected chi connectivity index (χ1v) is 9.28. The molecule has 0 aliphatic carbocycles. The van der Waals surface area contributed by atoms with Gasteiger partial charge in [-0.1, -0.05) is 32.0 Å². The molecule has 1 aliphatic heterocycles. The van der Waals surface area contributed by atoms with Crippen LogP contribution in [0.25, 0.3) is 0 Å². The fourth-order valence-corrected chi connectivity index (χ4v) is 3.26. The maximum atomic E-state index is 12.6. The van der Waals surface area contributed by atoms with Crippen molar-refractivity contribution in [3.8, 4) is 0 Å². The zero-order valence-electron chi connectivity index (χ0n) is 16.3. The molecule has 2 amide bonds. The number of benzene rings is 2. The van der Waals surface area contributed by atoms with E-state index in [9.17, 15) is 14.4 Å². The molecule has 0 saturated carbocycles. The summed E-state index contributed by atoms with van der Waals surface area (Å²) in [6, 6.07) is 14.4. The Hall–Kier alpha value is -3.15. The highest BCUT2D eigenvalue weighted by Crippen LogP contribution is 2.27. The highest BCUT2D eigenvalue weighted by molar-refractivity contribution is 6.03. The number of carbonyl (C=O) groups is 3. The number of nitrogens with zero attached hydrogens (tertiary/aromatic N) is 1. The van der Waals surface area contributed by atoms with E-state index in [1.165, 1.54) is 12.7 Å². The fourth-order valence-electron chi connectivity index (χ4n) is 3.26. The van der Waals surface area contributed by atoms with Crippen LogP contribution < -0.4 is 10.2 Å². The summed E-state index contributed by atoms with van der Waals surface area (Å²) < 4.78 is 4.69. The van der Waals surface area contributed by atoms with Gasteiger partial charge < -0.3 is 15.0 Å². The van der Waals surface area contributed by atoms with Gasteiger partial charge in [0.1, 0.15) is 0 Å². The molecule has 2 aromatic carbocycles. The third-order valence-corrected chi connectivity index (χ3v) is 4.92. The first kappa shape index (κ1) is 19.6. The van der Waals surface area contributed by atoms with Gasteiger partial charge in [0, 0.05) is 24.3 Å². The van der Waals surface area contributed by atoms with Crippen molar-refractivity contribution in [1.29, 1.82) is 0 Å². The van der Waals surface area contributed by atoms with E-state index in [1.54, 1.807) is 29.2 Å². The Morgan fingerprint density at radius 3 is 2.50 bits per heavy atom. The van der Waals surface area contributed by atoms with Crippen LogP contribution in [0, 0.1) is 5.92 Å². The van der Waals surface area contributed by atoms with E-state index < -0.39 is 11.9 Å². The van der Waals surface area contributed by atoms with E-state index in [0.717, 1.165) is 5.69 Å². The largest absolute Gasteiger partial charge is 0.465 e. The van der Waals surface area contributed by atoms with E-state index >= 15 is 0 Å². The van der Waals surface area contributed by atoms with Crippen LogP contribution >= 0.6 is 0 Å². The van der Waals surface area contributed by atoms with Gasteiger partial charge in [0.25, 0.3) is 0 Å². The van der Waals surface area contributed by atoms with Crippen molar-refractivity contribution in [2.24, 2.45) is 5.92 Å². The van der Waals surface area contributed by atoms with Gasteiger partial charge in [0.2, 0.25) is 11.8 Å². The van der Waals surface area contributed by atoms with Crippen LogP contribution in [0.1, 0.15) is 42.1 Å². The molecular weight excluding hydrogens is 356 g/mol.